The summed E-state index contributed by atoms with van der Waals surface area (Å²) in [4.78, 5) is -0.509. The van der Waals surface area contributed by atoms with Crippen LogP contribution >= 0.6 is 0 Å². The van der Waals surface area contributed by atoms with Crippen molar-refractivity contribution in [2.45, 2.75) is 83.6 Å². The van der Waals surface area contributed by atoms with E-state index in [0.717, 1.165) is 0 Å². The lowest BCUT2D eigenvalue weighted by Crippen LogP contribution is -2.50. The minimum Gasteiger partial charge on any atom is -0.324 e. The largest absolute Gasteiger partial charge is 0.491 e. The van der Waals surface area contributed by atoms with Crippen molar-refractivity contribution in [3.8, 4) is 0 Å². The normalized spacial score (nSPS) is 13.1. The lowest BCUT2D eigenvalue weighted by atomic mass is 10.1. The topological polar surface area (TPSA) is 80.3 Å². The first-order chi connectivity index (χ1) is 13.3. The second kappa shape index (κ2) is 14.5. The SMILES string of the molecule is CCCC[N+](CCCC)(CCCC)CCCC.O=S(=O)(F)C(F)(F)S(=O)(=O)NF. The molecule has 0 saturated carbocycles. The van der Waals surface area contributed by atoms with Gasteiger partial charge in [0, 0.05) is 0 Å². The molecule has 0 aliphatic heterocycles. The van der Waals surface area contributed by atoms with Crippen LogP contribution in [0, 0.1) is 0 Å². The van der Waals surface area contributed by atoms with Gasteiger partial charge in [0.15, 0.2) is 0 Å². The van der Waals surface area contributed by atoms with Crippen LogP contribution < -0.4 is 4.94 Å². The molecule has 0 atom stereocenters. The summed E-state index contributed by atoms with van der Waals surface area (Å²) in [5.41, 5.74) is 0. The number of halogens is 4. The minimum absolute atomic E-state index is 0.509. The van der Waals surface area contributed by atoms with E-state index in [1.807, 2.05) is 0 Å². The monoisotopic (exact) mass is 473 g/mol. The molecule has 0 aromatic heterocycles. The lowest BCUT2D eigenvalue weighted by molar-refractivity contribution is -0.929. The third kappa shape index (κ3) is 10.9. The summed E-state index contributed by atoms with van der Waals surface area (Å²) in [6.07, 6.45) is 11.1. The molecule has 29 heavy (non-hydrogen) atoms. The molecule has 0 amide bonds. The number of quaternary nitrogens is 1. The van der Waals surface area contributed by atoms with E-state index in [2.05, 4.69) is 27.7 Å². The van der Waals surface area contributed by atoms with Crippen LogP contribution in [0.15, 0.2) is 0 Å². The summed E-state index contributed by atoms with van der Waals surface area (Å²) in [6, 6.07) is 0. The fourth-order valence-corrected chi connectivity index (χ4v) is 4.05. The van der Waals surface area contributed by atoms with Gasteiger partial charge in [0.05, 0.1) is 26.2 Å². The molecule has 0 fully saturated rings. The molecule has 0 aromatic carbocycles. The molecule has 0 spiro atoms. The Hall–Kier alpha value is -0.460. The molecule has 12 heteroatoms. The number of rotatable bonds is 15. The summed E-state index contributed by atoms with van der Waals surface area (Å²) >= 11 is 0. The van der Waals surface area contributed by atoms with E-state index < -0.39 is 29.8 Å². The first-order valence-electron chi connectivity index (χ1n) is 10.1. The van der Waals surface area contributed by atoms with E-state index in [1.54, 1.807) is 0 Å². The molecular weight excluding hydrogens is 436 g/mol. The van der Waals surface area contributed by atoms with Crippen molar-refractivity contribution >= 4 is 20.2 Å². The van der Waals surface area contributed by atoms with Gasteiger partial charge in [-0.2, -0.15) is 17.2 Å². The van der Waals surface area contributed by atoms with Crippen molar-refractivity contribution in [1.29, 1.82) is 0 Å². The average molecular weight is 474 g/mol. The average Bonchev–Trinajstić information content (AvgIpc) is 2.66. The van der Waals surface area contributed by atoms with Crippen molar-refractivity contribution in [1.82, 2.24) is 4.94 Å². The smallest absolute Gasteiger partial charge is 0.324 e. The molecule has 0 aromatic rings. The second-order valence-electron chi connectivity index (χ2n) is 7.13. The Morgan fingerprint density at radius 1 is 0.724 bits per heavy atom. The molecule has 0 bridgehead atoms. The molecule has 1 N–H and O–H groups in total. The third-order valence-electron chi connectivity index (χ3n) is 4.64. The Kier molecular flexibility index (Phi) is 15.4. The lowest BCUT2D eigenvalue weighted by Gasteiger charge is -2.39. The minimum atomic E-state index is -6.70. The zero-order valence-corrected chi connectivity index (χ0v) is 19.5. The fourth-order valence-electron chi connectivity index (χ4n) is 2.82. The van der Waals surface area contributed by atoms with Gasteiger partial charge in [0.2, 0.25) is 0 Å². The number of hydrogen-bond donors (Lipinski definition) is 1. The fraction of sp³-hybridized carbons (Fsp3) is 1.00. The zero-order valence-electron chi connectivity index (χ0n) is 17.9. The number of sulfonamides is 1. The van der Waals surface area contributed by atoms with Crippen LogP contribution in [-0.2, 0) is 20.2 Å². The quantitative estimate of drug-likeness (QED) is 0.163. The number of alkyl halides is 2. The Bertz CT molecular complexity index is 592. The zero-order chi connectivity index (χ0) is 23.2. The van der Waals surface area contributed by atoms with Gasteiger partial charge in [-0.05, 0) is 30.6 Å². The van der Waals surface area contributed by atoms with Gasteiger partial charge in [-0.3, -0.25) is 0 Å². The van der Waals surface area contributed by atoms with E-state index in [4.69, 9.17) is 0 Å². The predicted octanol–water partition coefficient (Wildman–Crippen LogP) is 4.64. The second-order valence-corrected chi connectivity index (χ2v) is 10.5. The molecule has 6 nitrogen and oxygen atoms in total. The van der Waals surface area contributed by atoms with Crippen molar-refractivity contribution < 1.29 is 38.5 Å². The molecule has 178 valence electrons. The van der Waals surface area contributed by atoms with Gasteiger partial charge < -0.3 is 4.48 Å². The molecule has 0 aliphatic carbocycles. The Labute approximate surface area is 173 Å². The maximum absolute atomic E-state index is 11.9. The van der Waals surface area contributed by atoms with Crippen LogP contribution in [0.4, 0.5) is 17.1 Å². The molecule has 0 unspecified atom stereocenters. The number of hydrogen-bond acceptors (Lipinski definition) is 4. The van der Waals surface area contributed by atoms with Crippen LogP contribution in [0.5, 0.6) is 0 Å². The Balaban J connectivity index is 0. The Morgan fingerprint density at radius 2 is 1.00 bits per heavy atom. The summed E-state index contributed by atoms with van der Waals surface area (Å²) in [5.74, 6) is 0. The summed E-state index contributed by atoms with van der Waals surface area (Å²) in [7, 11) is -12.9. The molecule has 0 heterocycles. The summed E-state index contributed by atoms with van der Waals surface area (Å²) in [5, 5.41) is 0. The van der Waals surface area contributed by atoms with Gasteiger partial charge in [-0.1, -0.05) is 57.3 Å². The number of unbranched alkanes of at least 4 members (excludes halogenated alkanes) is 4. The molecule has 0 rings (SSSR count). The van der Waals surface area contributed by atoms with Crippen LogP contribution in [0.25, 0.3) is 0 Å². The number of nitrogens with one attached hydrogen (secondary N) is 1. The molecule has 0 radical (unpaired) electrons. The van der Waals surface area contributed by atoms with Gasteiger partial charge in [-0.15, -0.1) is 4.48 Å². The van der Waals surface area contributed by atoms with Gasteiger partial charge >= 0.3 is 24.8 Å². The number of nitrogens with zero attached hydrogens (tertiary/aromatic N) is 1. The van der Waals surface area contributed by atoms with Crippen molar-refractivity contribution in [3.05, 3.63) is 0 Å². The van der Waals surface area contributed by atoms with Crippen LogP contribution in [0.2, 0.25) is 0 Å². The highest BCUT2D eigenvalue weighted by atomic mass is 32.3. The van der Waals surface area contributed by atoms with Crippen molar-refractivity contribution in [2.24, 2.45) is 0 Å². The summed E-state index contributed by atoms with van der Waals surface area (Å²) < 4.78 is 80.4. The van der Waals surface area contributed by atoms with Gasteiger partial charge in [0.1, 0.15) is 0 Å². The molecule has 0 aliphatic rings. The predicted molar refractivity (Wildman–Crippen MR) is 107 cm³/mol. The van der Waals surface area contributed by atoms with E-state index in [1.165, 1.54) is 82.0 Å². The van der Waals surface area contributed by atoms with Gasteiger partial charge in [0.25, 0.3) is 0 Å². The van der Waals surface area contributed by atoms with E-state index in [0.29, 0.717) is 0 Å². The molecule has 0 saturated heterocycles. The van der Waals surface area contributed by atoms with Crippen LogP contribution in [-0.4, -0.2) is 52.1 Å². The third-order valence-corrected chi connectivity index (χ3v) is 7.29. The Morgan fingerprint density at radius 3 is 1.14 bits per heavy atom. The highest BCUT2D eigenvalue weighted by Crippen LogP contribution is 2.28. The van der Waals surface area contributed by atoms with Crippen LogP contribution in [0.3, 0.4) is 0 Å². The molecular formula is C17H37F4N2O4S2+. The van der Waals surface area contributed by atoms with Crippen molar-refractivity contribution in [3.63, 3.8) is 0 Å². The van der Waals surface area contributed by atoms with Crippen LogP contribution in [0.1, 0.15) is 79.1 Å². The van der Waals surface area contributed by atoms with E-state index in [9.17, 15) is 34.0 Å². The van der Waals surface area contributed by atoms with Crippen molar-refractivity contribution in [2.75, 3.05) is 26.2 Å². The standard InChI is InChI=1S/C16H36N.CHF4NO4S2/c1-5-9-13-17(14-10-6-2,15-11-7-3)16-12-8-4;2-1(3,11(5,7)8)12(9,10)6-4/h5-16H2,1-4H3;6H/q+1;. The van der Waals surface area contributed by atoms with E-state index in [-0.39, 0.29) is 0 Å². The highest BCUT2D eigenvalue weighted by Gasteiger charge is 2.59. The highest BCUT2D eigenvalue weighted by molar-refractivity contribution is 8.06. The maximum Gasteiger partial charge on any atom is 0.491 e. The van der Waals surface area contributed by atoms with E-state index >= 15 is 0 Å². The first-order valence-corrected chi connectivity index (χ1v) is 13.0. The first kappa shape index (κ1) is 30.7. The maximum atomic E-state index is 11.9. The van der Waals surface area contributed by atoms with Gasteiger partial charge in [-0.25, -0.2) is 8.42 Å². The summed E-state index contributed by atoms with van der Waals surface area (Å²) in [6.45, 7) is 15.0.